The molecular weight excluding hydrogens is 444 g/mol. The predicted molar refractivity (Wildman–Crippen MR) is 147 cm³/mol. The van der Waals surface area contributed by atoms with Crippen LogP contribution in [0.5, 0.6) is 0 Å². The van der Waals surface area contributed by atoms with Crippen molar-refractivity contribution in [3.05, 3.63) is 59.7 Å². The second-order valence-corrected chi connectivity index (χ2v) is 11.4. The molecule has 36 heavy (non-hydrogen) atoms. The first-order valence-corrected chi connectivity index (χ1v) is 14.5. The van der Waals surface area contributed by atoms with Crippen molar-refractivity contribution in [1.29, 1.82) is 0 Å². The minimum atomic E-state index is -0.00390. The minimum absolute atomic E-state index is 0.00390. The summed E-state index contributed by atoms with van der Waals surface area (Å²) >= 11 is 0. The molecule has 0 atom stereocenters. The number of amides is 2. The normalized spacial score (nSPS) is 21.0. The fourth-order valence-corrected chi connectivity index (χ4v) is 6.86. The first-order valence-electron chi connectivity index (χ1n) is 14.5. The first kappa shape index (κ1) is 25.0. The molecule has 2 N–H and O–H groups in total. The van der Waals surface area contributed by atoms with Gasteiger partial charge in [-0.2, -0.15) is 0 Å². The van der Waals surface area contributed by atoms with E-state index in [9.17, 15) is 9.59 Å². The standard InChI is InChI=1S/C32H42N2O2/c35-30(24-10-4-1-5-11-24)33-28-18-14-26(15-19-28)32(22-8-3-9-23-32)27-16-20-29(21-17-27)34-31(36)25-12-6-2-7-13-25/h14-21,24-25H,1-13,22-23H2,(H,33,35)(H,34,36). The summed E-state index contributed by atoms with van der Waals surface area (Å²) in [6, 6.07) is 17.2. The molecule has 0 aromatic heterocycles. The molecule has 0 saturated heterocycles. The smallest absolute Gasteiger partial charge is 0.227 e. The molecule has 0 bridgehead atoms. The second kappa shape index (κ2) is 11.6. The van der Waals surface area contributed by atoms with E-state index < -0.39 is 0 Å². The van der Waals surface area contributed by atoms with Gasteiger partial charge in [-0.05, 0) is 73.9 Å². The van der Waals surface area contributed by atoms with Gasteiger partial charge in [0.1, 0.15) is 0 Å². The highest BCUT2D eigenvalue weighted by Crippen LogP contribution is 2.45. The van der Waals surface area contributed by atoms with Crippen molar-refractivity contribution in [3.8, 4) is 0 Å². The fourth-order valence-electron chi connectivity index (χ4n) is 6.86. The monoisotopic (exact) mass is 486 g/mol. The Bertz CT molecular complexity index is 932. The van der Waals surface area contributed by atoms with Crippen LogP contribution in [0.2, 0.25) is 0 Å². The maximum atomic E-state index is 12.7. The van der Waals surface area contributed by atoms with Gasteiger partial charge in [0.25, 0.3) is 0 Å². The maximum absolute atomic E-state index is 12.7. The van der Waals surface area contributed by atoms with Gasteiger partial charge in [0.15, 0.2) is 0 Å². The number of hydrogen-bond donors (Lipinski definition) is 2. The molecule has 0 spiro atoms. The van der Waals surface area contributed by atoms with Gasteiger partial charge in [0, 0.05) is 28.6 Å². The lowest BCUT2D eigenvalue weighted by Gasteiger charge is -2.39. The van der Waals surface area contributed by atoms with Gasteiger partial charge in [-0.15, -0.1) is 0 Å². The molecule has 3 saturated carbocycles. The Morgan fingerprint density at radius 1 is 0.528 bits per heavy atom. The van der Waals surface area contributed by atoms with Crippen molar-refractivity contribution in [2.45, 2.75) is 102 Å². The second-order valence-electron chi connectivity index (χ2n) is 11.4. The molecule has 0 unspecified atom stereocenters. The molecule has 3 aliphatic rings. The SMILES string of the molecule is O=C(Nc1ccc(C2(c3ccc(NC(=O)C4CCCCC4)cc3)CCCCC2)cc1)C1CCCCC1. The van der Waals surface area contributed by atoms with Gasteiger partial charge in [-0.3, -0.25) is 9.59 Å². The first-order chi connectivity index (χ1) is 17.6. The van der Waals surface area contributed by atoms with E-state index in [-0.39, 0.29) is 29.1 Å². The molecule has 2 aromatic carbocycles. The third kappa shape index (κ3) is 5.68. The van der Waals surface area contributed by atoms with E-state index in [0.29, 0.717) is 0 Å². The summed E-state index contributed by atoms with van der Waals surface area (Å²) in [7, 11) is 0. The van der Waals surface area contributed by atoms with Gasteiger partial charge in [0.05, 0.1) is 0 Å². The van der Waals surface area contributed by atoms with E-state index in [1.165, 1.54) is 68.9 Å². The van der Waals surface area contributed by atoms with Crippen LogP contribution in [0.3, 0.4) is 0 Å². The number of carbonyl (C=O) groups is 2. The molecule has 0 radical (unpaired) electrons. The Morgan fingerprint density at radius 2 is 0.889 bits per heavy atom. The molecule has 0 heterocycles. The molecule has 192 valence electrons. The average molecular weight is 487 g/mol. The minimum Gasteiger partial charge on any atom is -0.326 e. The van der Waals surface area contributed by atoms with Gasteiger partial charge >= 0.3 is 0 Å². The summed E-state index contributed by atoms with van der Waals surface area (Å²) in [6.45, 7) is 0. The summed E-state index contributed by atoms with van der Waals surface area (Å²) in [4.78, 5) is 25.4. The van der Waals surface area contributed by atoms with Crippen LogP contribution in [0.15, 0.2) is 48.5 Å². The van der Waals surface area contributed by atoms with Crippen LogP contribution in [-0.4, -0.2) is 11.8 Å². The summed E-state index contributed by atoms with van der Waals surface area (Å²) in [6.07, 6.45) is 17.3. The quantitative estimate of drug-likeness (QED) is 0.435. The topological polar surface area (TPSA) is 58.2 Å². The number of hydrogen-bond acceptors (Lipinski definition) is 2. The number of rotatable bonds is 6. The number of carbonyl (C=O) groups excluding carboxylic acids is 2. The molecular formula is C32H42N2O2. The Morgan fingerprint density at radius 3 is 1.28 bits per heavy atom. The number of nitrogens with one attached hydrogen (secondary N) is 2. The molecule has 2 amide bonds. The Labute approximate surface area is 216 Å². The van der Waals surface area contributed by atoms with E-state index in [2.05, 4.69) is 59.2 Å². The highest BCUT2D eigenvalue weighted by Gasteiger charge is 2.35. The van der Waals surface area contributed by atoms with Crippen LogP contribution in [0, 0.1) is 11.8 Å². The third-order valence-corrected chi connectivity index (χ3v) is 9.07. The van der Waals surface area contributed by atoms with Crippen molar-refractivity contribution in [1.82, 2.24) is 0 Å². The van der Waals surface area contributed by atoms with E-state index in [1.807, 2.05) is 0 Å². The van der Waals surface area contributed by atoms with Crippen molar-refractivity contribution in [2.24, 2.45) is 11.8 Å². The number of anilines is 2. The highest BCUT2D eigenvalue weighted by molar-refractivity contribution is 5.93. The van der Waals surface area contributed by atoms with E-state index in [1.54, 1.807) is 0 Å². The predicted octanol–water partition coefficient (Wildman–Crippen LogP) is 7.97. The lowest BCUT2D eigenvalue weighted by atomic mass is 9.65. The van der Waals surface area contributed by atoms with Gasteiger partial charge < -0.3 is 10.6 Å². The molecule has 5 rings (SSSR count). The van der Waals surface area contributed by atoms with Gasteiger partial charge in [-0.25, -0.2) is 0 Å². The van der Waals surface area contributed by atoms with Gasteiger partial charge in [-0.1, -0.05) is 82.1 Å². The third-order valence-electron chi connectivity index (χ3n) is 9.07. The summed E-state index contributed by atoms with van der Waals surface area (Å²) < 4.78 is 0. The van der Waals surface area contributed by atoms with Crippen LogP contribution < -0.4 is 10.6 Å². The zero-order valence-electron chi connectivity index (χ0n) is 21.7. The molecule has 4 nitrogen and oxygen atoms in total. The molecule has 4 heteroatoms. The lowest BCUT2D eigenvalue weighted by Crippen LogP contribution is -2.30. The Kier molecular flexibility index (Phi) is 8.09. The van der Waals surface area contributed by atoms with Gasteiger partial charge in [0.2, 0.25) is 11.8 Å². The largest absolute Gasteiger partial charge is 0.326 e. The highest BCUT2D eigenvalue weighted by atomic mass is 16.2. The van der Waals surface area contributed by atoms with Crippen molar-refractivity contribution in [3.63, 3.8) is 0 Å². The molecule has 2 aromatic rings. The van der Waals surface area contributed by atoms with Crippen LogP contribution in [0.1, 0.15) is 107 Å². The Balaban J connectivity index is 1.29. The van der Waals surface area contributed by atoms with Crippen LogP contribution >= 0.6 is 0 Å². The van der Waals surface area contributed by atoms with Crippen LogP contribution in [-0.2, 0) is 15.0 Å². The lowest BCUT2D eigenvalue weighted by molar-refractivity contribution is -0.121. The summed E-state index contributed by atoms with van der Waals surface area (Å²) in [5, 5.41) is 6.34. The van der Waals surface area contributed by atoms with Crippen molar-refractivity contribution < 1.29 is 9.59 Å². The number of benzene rings is 2. The molecule has 3 aliphatic carbocycles. The summed E-state index contributed by atoms with van der Waals surface area (Å²) in [5.41, 5.74) is 4.46. The molecule has 0 aliphatic heterocycles. The van der Waals surface area contributed by atoms with E-state index in [0.717, 1.165) is 49.9 Å². The molecule has 3 fully saturated rings. The zero-order valence-corrected chi connectivity index (χ0v) is 21.7. The fraction of sp³-hybridized carbons (Fsp3) is 0.562. The van der Waals surface area contributed by atoms with Crippen LogP contribution in [0.4, 0.5) is 11.4 Å². The Hall–Kier alpha value is -2.62. The maximum Gasteiger partial charge on any atom is 0.227 e. The van der Waals surface area contributed by atoms with Crippen LogP contribution in [0.25, 0.3) is 0 Å². The summed E-state index contributed by atoms with van der Waals surface area (Å²) in [5.74, 6) is 0.696. The zero-order chi connectivity index (χ0) is 24.8. The van der Waals surface area contributed by atoms with E-state index in [4.69, 9.17) is 0 Å². The average Bonchev–Trinajstić information content (AvgIpc) is 2.95. The van der Waals surface area contributed by atoms with Crippen molar-refractivity contribution in [2.75, 3.05) is 10.6 Å². The van der Waals surface area contributed by atoms with Crippen molar-refractivity contribution >= 4 is 23.2 Å². The van der Waals surface area contributed by atoms with E-state index >= 15 is 0 Å².